The Morgan fingerprint density at radius 3 is 2.42 bits per heavy atom. The molecule has 0 radical (unpaired) electrons. The predicted octanol–water partition coefficient (Wildman–Crippen LogP) is 3.68. The number of aliphatic hydroxyl groups is 3. The third-order valence-corrected chi connectivity index (χ3v) is 7.86. The fourth-order valence-corrected chi connectivity index (χ4v) is 5.63. The highest BCUT2D eigenvalue weighted by Gasteiger charge is 2.41. The lowest BCUT2D eigenvalue weighted by molar-refractivity contribution is -0.137. The molecule has 2 aromatic rings. The fraction of sp³-hybridized carbons (Fsp3) is 0.484. The molecule has 14 heteroatoms. The molecule has 248 valence electrons. The second-order valence-corrected chi connectivity index (χ2v) is 11.8. The van der Waals surface area contributed by atoms with Crippen molar-refractivity contribution in [2.45, 2.75) is 63.8 Å². The van der Waals surface area contributed by atoms with E-state index in [1.54, 1.807) is 12.1 Å². The number of nitrogens with one attached hydrogen (secondary N) is 1. The summed E-state index contributed by atoms with van der Waals surface area (Å²) in [6, 6.07) is 5.97. The standard InChI is InChI=1S/C31H38F3IN2O8/c1-18(2)44-12-4-10-37(30(42)20-5-7-22(8-6-20)31(32,33)34)24-15-21(29(41)36-9-11-38)16-25(27(24)40)45-28-23(35)13-19(17-39)14-26(28)43-3/h5-8,13-14,16,18,24-25,27,38-40H,4,9-12,15,17H2,1-3H3,(H,36,41)/t24-,25+,27+/m1/s1. The van der Waals surface area contributed by atoms with E-state index in [1.165, 1.54) is 18.1 Å². The van der Waals surface area contributed by atoms with Crippen LogP contribution in [0.25, 0.3) is 0 Å². The van der Waals surface area contributed by atoms with Gasteiger partial charge in [-0.3, -0.25) is 9.59 Å². The number of rotatable bonds is 14. The molecule has 0 saturated heterocycles. The first-order chi connectivity index (χ1) is 21.3. The molecule has 0 heterocycles. The molecule has 0 unspecified atom stereocenters. The molecule has 1 aliphatic rings. The van der Waals surface area contributed by atoms with Gasteiger partial charge in [-0.15, -0.1) is 0 Å². The average Bonchev–Trinajstić information content (AvgIpc) is 3.00. The van der Waals surface area contributed by atoms with Gasteiger partial charge in [0.05, 0.1) is 41.6 Å². The number of aliphatic hydroxyl groups excluding tert-OH is 3. The number of benzene rings is 2. The number of nitrogens with zero attached hydrogens (tertiary/aromatic N) is 1. The molecule has 0 aliphatic heterocycles. The number of alkyl halides is 3. The minimum atomic E-state index is -4.59. The van der Waals surface area contributed by atoms with Gasteiger partial charge in [0.15, 0.2) is 11.5 Å². The van der Waals surface area contributed by atoms with Crippen molar-refractivity contribution in [3.05, 3.63) is 68.3 Å². The summed E-state index contributed by atoms with van der Waals surface area (Å²) < 4.78 is 57.5. The van der Waals surface area contributed by atoms with E-state index in [0.717, 1.165) is 24.3 Å². The van der Waals surface area contributed by atoms with E-state index in [1.807, 2.05) is 36.4 Å². The first-order valence-electron chi connectivity index (χ1n) is 14.3. The highest BCUT2D eigenvalue weighted by atomic mass is 127. The molecular formula is C31H38F3IN2O8. The number of ether oxygens (including phenoxy) is 3. The number of carbonyl (C=O) groups excluding carboxylic acids is 2. The number of carbonyl (C=O) groups is 2. The highest BCUT2D eigenvalue weighted by Crippen LogP contribution is 2.37. The fourth-order valence-electron chi connectivity index (χ4n) is 4.83. The molecule has 45 heavy (non-hydrogen) atoms. The van der Waals surface area contributed by atoms with Crippen LogP contribution in [0.1, 0.15) is 48.2 Å². The van der Waals surface area contributed by atoms with Crippen molar-refractivity contribution in [2.75, 3.05) is 33.4 Å². The van der Waals surface area contributed by atoms with Gasteiger partial charge in [0.2, 0.25) is 5.91 Å². The van der Waals surface area contributed by atoms with Crippen molar-refractivity contribution in [3.8, 4) is 11.5 Å². The van der Waals surface area contributed by atoms with E-state index in [-0.39, 0.29) is 68.1 Å². The van der Waals surface area contributed by atoms with Crippen molar-refractivity contribution in [2.24, 2.45) is 0 Å². The maximum Gasteiger partial charge on any atom is 0.416 e. The zero-order valence-electron chi connectivity index (χ0n) is 25.1. The highest BCUT2D eigenvalue weighted by molar-refractivity contribution is 14.1. The molecule has 2 amide bonds. The molecule has 0 saturated carbocycles. The van der Waals surface area contributed by atoms with Gasteiger partial charge in [0.25, 0.3) is 5.91 Å². The van der Waals surface area contributed by atoms with Crippen LogP contribution < -0.4 is 14.8 Å². The molecule has 4 N–H and O–H groups in total. The third kappa shape index (κ3) is 9.78. The molecule has 10 nitrogen and oxygen atoms in total. The van der Waals surface area contributed by atoms with Crippen LogP contribution in [0, 0.1) is 3.57 Å². The van der Waals surface area contributed by atoms with Crippen LogP contribution in [0.3, 0.4) is 0 Å². The Labute approximate surface area is 273 Å². The predicted molar refractivity (Wildman–Crippen MR) is 167 cm³/mol. The van der Waals surface area contributed by atoms with Gasteiger partial charge in [0, 0.05) is 37.3 Å². The first kappa shape index (κ1) is 36.5. The Balaban J connectivity index is 2.04. The zero-order valence-corrected chi connectivity index (χ0v) is 27.3. The number of methoxy groups -OCH3 is 1. The number of amides is 2. The van der Waals surface area contributed by atoms with Gasteiger partial charge < -0.3 is 39.7 Å². The van der Waals surface area contributed by atoms with E-state index in [4.69, 9.17) is 14.2 Å². The summed E-state index contributed by atoms with van der Waals surface area (Å²) in [5.41, 5.74) is -0.215. The van der Waals surface area contributed by atoms with Crippen molar-refractivity contribution in [3.63, 3.8) is 0 Å². The van der Waals surface area contributed by atoms with Gasteiger partial charge in [0.1, 0.15) is 12.2 Å². The van der Waals surface area contributed by atoms with Gasteiger partial charge >= 0.3 is 6.18 Å². The minimum Gasteiger partial charge on any atom is -0.493 e. The molecule has 0 bridgehead atoms. The summed E-state index contributed by atoms with van der Waals surface area (Å²) in [7, 11) is 1.41. The lowest BCUT2D eigenvalue weighted by atomic mass is 9.87. The number of hydrogen-bond donors (Lipinski definition) is 4. The van der Waals surface area contributed by atoms with Gasteiger partial charge in [-0.05, 0) is 90.9 Å². The Bertz CT molecular complexity index is 1340. The number of halogens is 4. The quantitative estimate of drug-likeness (QED) is 0.170. The van der Waals surface area contributed by atoms with Crippen LogP contribution >= 0.6 is 22.6 Å². The molecular weight excluding hydrogens is 712 g/mol. The lowest BCUT2D eigenvalue weighted by Gasteiger charge is -2.40. The summed E-state index contributed by atoms with van der Waals surface area (Å²) in [5.74, 6) is -0.690. The minimum absolute atomic E-state index is 0.0332. The Morgan fingerprint density at radius 1 is 1.16 bits per heavy atom. The van der Waals surface area contributed by atoms with Crippen molar-refractivity contribution < 1.29 is 52.3 Å². The van der Waals surface area contributed by atoms with Crippen LogP contribution in [0.4, 0.5) is 13.2 Å². The maximum atomic E-state index is 13.9. The largest absolute Gasteiger partial charge is 0.493 e. The molecule has 3 atom stereocenters. The van der Waals surface area contributed by atoms with Crippen molar-refractivity contribution >= 4 is 34.4 Å². The Kier molecular flexibility index (Phi) is 13.5. The summed E-state index contributed by atoms with van der Waals surface area (Å²) >= 11 is 1.99. The van der Waals surface area contributed by atoms with Crippen LogP contribution in [0.15, 0.2) is 48.0 Å². The smallest absolute Gasteiger partial charge is 0.416 e. The second-order valence-electron chi connectivity index (χ2n) is 10.6. The summed E-state index contributed by atoms with van der Waals surface area (Å²) in [4.78, 5) is 28.3. The van der Waals surface area contributed by atoms with Gasteiger partial charge in [-0.1, -0.05) is 0 Å². The molecule has 2 aromatic carbocycles. The molecule has 1 aliphatic carbocycles. The lowest BCUT2D eigenvalue weighted by Crippen LogP contribution is -2.55. The summed E-state index contributed by atoms with van der Waals surface area (Å²) in [6.45, 7) is 3.42. The first-order valence-corrected chi connectivity index (χ1v) is 15.4. The van der Waals surface area contributed by atoms with Gasteiger partial charge in [-0.25, -0.2) is 0 Å². The maximum absolute atomic E-state index is 13.9. The summed E-state index contributed by atoms with van der Waals surface area (Å²) in [5, 5.41) is 33.1. The Hall–Kier alpha value is -2.92. The normalized spacial score (nSPS) is 18.4. The van der Waals surface area contributed by atoms with E-state index in [0.29, 0.717) is 15.6 Å². The zero-order chi connectivity index (χ0) is 33.3. The van der Waals surface area contributed by atoms with E-state index < -0.39 is 41.8 Å². The molecule has 0 spiro atoms. The van der Waals surface area contributed by atoms with Gasteiger partial charge in [-0.2, -0.15) is 13.2 Å². The van der Waals surface area contributed by atoms with Crippen molar-refractivity contribution in [1.29, 1.82) is 0 Å². The Morgan fingerprint density at radius 2 is 1.84 bits per heavy atom. The molecule has 0 fully saturated rings. The van der Waals surface area contributed by atoms with Crippen LogP contribution in [0.2, 0.25) is 0 Å². The van der Waals surface area contributed by atoms with Crippen LogP contribution in [-0.2, 0) is 22.3 Å². The average molecular weight is 751 g/mol. The second kappa shape index (κ2) is 16.6. The molecule has 3 rings (SSSR count). The van der Waals surface area contributed by atoms with Crippen molar-refractivity contribution in [1.82, 2.24) is 10.2 Å². The summed E-state index contributed by atoms with van der Waals surface area (Å²) in [6.07, 6.45) is -5.56. The van der Waals surface area contributed by atoms with Crippen LogP contribution in [0.5, 0.6) is 11.5 Å². The van der Waals surface area contributed by atoms with Crippen LogP contribution in [-0.4, -0.2) is 89.8 Å². The number of hydrogen-bond acceptors (Lipinski definition) is 8. The molecule has 0 aromatic heterocycles. The monoisotopic (exact) mass is 750 g/mol. The third-order valence-electron chi connectivity index (χ3n) is 7.05. The van der Waals surface area contributed by atoms with E-state index in [2.05, 4.69) is 5.32 Å². The SMILES string of the molecule is COc1cc(CO)cc(I)c1O[C@H]1C=C(C(=O)NCCO)C[C@@H](N(CCCOC(C)C)C(=O)c2ccc(C(F)(F)F)cc2)[C@@H]1O. The van der Waals surface area contributed by atoms with E-state index in [9.17, 15) is 38.1 Å². The van der Waals surface area contributed by atoms with E-state index >= 15 is 0 Å². The topological polar surface area (TPSA) is 138 Å².